The number of ether oxygens (including phenoxy) is 2. The van der Waals surface area contributed by atoms with Crippen molar-refractivity contribution < 1.29 is 19.4 Å². The van der Waals surface area contributed by atoms with Gasteiger partial charge < -0.3 is 14.6 Å². The highest BCUT2D eigenvalue weighted by atomic mass is 16.6. The summed E-state index contributed by atoms with van der Waals surface area (Å²) in [5.74, 6) is -0.212. The van der Waals surface area contributed by atoms with E-state index in [0.717, 1.165) is 70.6 Å². The van der Waals surface area contributed by atoms with Gasteiger partial charge in [0.15, 0.2) is 0 Å². The molecule has 0 aromatic rings. The van der Waals surface area contributed by atoms with Crippen LogP contribution in [0.15, 0.2) is 85.1 Å². The Morgan fingerprint density at radius 3 is 1.21 bits per heavy atom. The number of hydrogen-bond acceptors (Lipinski definition) is 4. The molecule has 0 aliphatic heterocycles. The zero-order valence-corrected chi connectivity index (χ0v) is 37.6. The molecule has 4 nitrogen and oxygen atoms in total. The number of carbonyl (C=O) groups excluding carboxylic acids is 1. The van der Waals surface area contributed by atoms with Gasteiger partial charge in [0, 0.05) is 13.0 Å². The van der Waals surface area contributed by atoms with Crippen LogP contribution in [0.2, 0.25) is 0 Å². The summed E-state index contributed by atoms with van der Waals surface area (Å²) in [4.78, 5) is 12.3. The molecule has 0 saturated carbocycles. The molecule has 328 valence electrons. The highest BCUT2D eigenvalue weighted by molar-refractivity contribution is 5.69. The first kappa shape index (κ1) is 54.6. The maximum atomic E-state index is 12.3. The zero-order valence-electron chi connectivity index (χ0n) is 37.6. The van der Waals surface area contributed by atoms with E-state index in [2.05, 4.69) is 98.9 Å². The van der Waals surface area contributed by atoms with E-state index >= 15 is 0 Å². The van der Waals surface area contributed by atoms with Crippen molar-refractivity contribution in [3.8, 4) is 0 Å². The zero-order chi connectivity index (χ0) is 41.2. The number of unbranched alkanes of at least 4 members (excludes halogenated alkanes) is 22. The summed E-state index contributed by atoms with van der Waals surface area (Å²) in [5.41, 5.74) is 0. The van der Waals surface area contributed by atoms with Crippen molar-refractivity contribution in [3.63, 3.8) is 0 Å². The van der Waals surface area contributed by atoms with Gasteiger partial charge in [-0.3, -0.25) is 4.79 Å². The SMILES string of the molecule is CC/C=C\C/C=C\C/C=C\C/C=C\C/C=C\C/C=C\CCCCCCCOCC(CO)OC(=O)CCCCCCCCCCC/C=C\CCCCCCCCCC. The third-order valence-corrected chi connectivity index (χ3v) is 10.2. The van der Waals surface area contributed by atoms with Crippen molar-refractivity contribution in [2.75, 3.05) is 19.8 Å². The maximum absolute atomic E-state index is 12.3. The Labute approximate surface area is 354 Å². The lowest BCUT2D eigenvalue weighted by Gasteiger charge is -2.15. The van der Waals surface area contributed by atoms with Gasteiger partial charge in [0.1, 0.15) is 6.10 Å². The first-order chi connectivity index (χ1) is 28.2. The summed E-state index contributed by atoms with van der Waals surface area (Å²) in [5, 5.41) is 9.64. The molecule has 0 bridgehead atoms. The van der Waals surface area contributed by atoms with Crippen LogP contribution >= 0.6 is 0 Å². The van der Waals surface area contributed by atoms with Crippen molar-refractivity contribution >= 4 is 5.97 Å². The Kier molecular flexibility index (Phi) is 47.6. The van der Waals surface area contributed by atoms with Gasteiger partial charge in [-0.1, -0.05) is 208 Å². The van der Waals surface area contributed by atoms with Gasteiger partial charge in [-0.2, -0.15) is 0 Å². The number of aliphatic hydroxyl groups is 1. The van der Waals surface area contributed by atoms with Crippen molar-refractivity contribution in [1.82, 2.24) is 0 Å². The van der Waals surface area contributed by atoms with E-state index < -0.39 is 6.10 Å². The predicted octanol–water partition coefficient (Wildman–Crippen LogP) is 16.3. The number of aliphatic hydroxyl groups excluding tert-OH is 1. The van der Waals surface area contributed by atoms with Gasteiger partial charge in [0.05, 0.1) is 13.2 Å². The Bertz CT molecular complexity index is 1020. The van der Waals surface area contributed by atoms with Gasteiger partial charge in [-0.25, -0.2) is 0 Å². The van der Waals surface area contributed by atoms with Gasteiger partial charge in [-0.15, -0.1) is 0 Å². The van der Waals surface area contributed by atoms with Gasteiger partial charge >= 0.3 is 5.97 Å². The van der Waals surface area contributed by atoms with Crippen molar-refractivity contribution in [1.29, 1.82) is 0 Å². The molecule has 0 heterocycles. The van der Waals surface area contributed by atoms with Crippen LogP contribution in [0, 0.1) is 0 Å². The molecule has 0 saturated heterocycles. The molecule has 57 heavy (non-hydrogen) atoms. The lowest BCUT2D eigenvalue weighted by atomic mass is 10.1. The summed E-state index contributed by atoms with van der Waals surface area (Å²) in [6, 6.07) is 0. The molecule has 0 rings (SSSR count). The summed E-state index contributed by atoms with van der Waals surface area (Å²) >= 11 is 0. The fraction of sp³-hybridized carbons (Fsp3) is 0.717. The van der Waals surface area contributed by atoms with Crippen LogP contribution in [0.25, 0.3) is 0 Å². The molecule has 0 aromatic carbocycles. The van der Waals surface area contributed by atoms with E-state index in [4.69, 9.17) is 9.47 Å². The van der Waals surface area contributed by atoms with E-state index in [0.29, 0.717) is 13.0 Å². The number of hydrogen-bond donors (Lipinski definition) is 1. The van der Waals surface area contributed by atoms with E-state index in [1.165, 1.54) is 128 Å². The van der Waals surface area contributed by atoms with Gasteiger partial charge in [-0.05, 0) is 89.9 Å². The van der Waals surface area contributed by atoms with Crippen LogP contribution in [0.1, 0.15) is 219 Å². The van der Waals surface area contributed by atoms with E-state index in [9.17, 15) is 9.90 Å². The third kappa shape index (κ3) is 47.8. The van der Waals surface area contributed by atoms with Crippen LogP contribution < -0.4 is 0 Å². The summed E-state index contributed by atoms with van der Waals surface area (Å²) in [6.07, 6.45) is 69.4. The smallest absolute Gasteiger partial charge is 0.306 e. The molecule has 0 aliphatic carbocycles. The molecular weight excluding hydrogens is 701 g/mol. The molecule has 4 heteroatoms. The van der Waals surface area contributed by atoms with Gasteiger partial charge in [0.25, 0.3) is 0 Å². The van der Waals surface area contributed by atoms with E-state index in [1.54, 1.807) is 0 Å². The molecule has 1 N–H and O–H groups in total. The second kappa shape index (κ2) is 49.7. The maximum Gasteiger partial charge on any atom is 0.306 e. The molecule has 0 aliphatic rings. The topological polar surface area (TPSA) is 55.8 Å². The second-order valence-corrected chi connectivity index (χ2v) is 15.8. The number of esters is 1. The highest BCUT2D eigenvalue weighted by Gasteiger charge is 2.13. The minimum absolute atomic E-state index is 0.185. The molecule has 1 unspecified atom stereocenters. The third-order valence-electron chi connectivity index (χ3n) is 10.2. The normalized spacial score (nSPS) is 13.1. The molecule has 0 fully saturated rings. The van der Waals surface area contributed by atoms with Gasteiger partial charge in [0.2, 0.25) is 0 Å². The van der Waals surface area contributed by atoms with Crippen molar-refractivity contribution in [2.45, 2.75) is 225 Å². The van der Waals surface area contributed by atoms with Crippen LogP contribution in [-0.2, 0) is 14.3 Å². The Morgan fingerprint density at radius 1 is 0.439 bits per heavy atom. The number of carbonyl (C=O) groups is 1. The molecule has 0 spiro atoms. The Balaban J connectivity index is 3.50. The van der Waals surface area contributed by atoms with Crippen LogP contribution in [0.3, 0.4) is 0 Å². The van der Waals surface area contributed by atoms with Crippen LogP contribution in [0.5, 0.6) is 0 Å². The number of rotatable bonds is 44. The standard InChI is InChI=1S/C53H92O4/c1-3-5-7-9-11-13-15-17-19-21-23-25-26-27-29-31-33-35-37-39-41-43-45-47-49-56-51-52(50-54)57-53(55)48-46-44-42-40-38-36-34-32-30-28-24-22-20-18-16-14-12-10-8-6-4-2/h5,7,11,13,17,19,22-25,27,29,33,35,52,54H,3-4,6,8-10,12,14-16,18,20-21,26,28,30-32,34,36-51H2,1-2H3/b7-5-,13-11-,19-17-,24-22-,25-23-,29-27-,35-33-. The van der Waals surface area contributed by atoms with Crippen LogP contribution in [0.4, 0.5) is 0 Å². The molecular formula is C53H92O4. The summed E-state index contributed by atoms with van der Waals surface area (Å²) in [7, 11) is 0. The fourth-order valence-corrected chi connectivity index (χ4v) is 6.62. The predicted molar refractivity (Wildman–Crippen MR) is 251 cm³/mol. The van der Waals surface area contributed by atoms with Crippen LogP contribution in [-0.4, -0.2) is 37.0 Å². The minimum Gasteiger partial charge on any atom is -0.457 e. The largest absolute Gasteiger partial charge is 0.457 e. The average molecular weight is 793 g/mol. The fourth-order valence-electron chi connectivity index (χ4n) is 6.62. The van der Waals surface area contributed by atoms with Crippen molar-refractivity contribution in [2.24, 2.45) is 0 Å². The lowest BCUT2D eigenvalue weighted by Crippen LogP contribution is -2.27. The average Bonchev–Trinajstić information content (AvgIpc) is 3.22. The second-order valence-electron chi connectivity index (χ2n) is 15.8. The molecule has 1 atom stereocenters. The van der Waals surface area contributed by atoms with E-state index in [1.807, 2.05) is 0 Å². The number of allylic oxidation sites excluding steroid dienone is 14. The Hall–Kier alpha value is -2.43. The molecule has 0 aromatic heterocycles. The summed E-state index contributed by atoms with van der Waals surface area (Å²) in [6.45, 7) is 5.19. The highest BCUT2D eigenvalue weighted by Crippen LogP contribution is 2.14. The lowest BCUT2D eigenvalue weighted by molar-refractivity contribution is -0.154. The first-order valence-corrected chi connectivity index (χ1v) is 24.2. The monoisotopic (exact) mass is 793 g/mol. The molecule has 0 radical (unpaired) electrons. The summed E-state index contributed by atoms with van der Waals surface area (Å²) < 4.78 is 11.2. The molecule has 0 amide bonds. The minimum atomic E-state index is -0.552. The van der Waals surface area contributed by atoms with Crippen molar-refractivity contribution in [3.05, 3.63) is 85.1 Å². The quantitative estimate of drug-likeness (QED) is 0.0379. The Morgan fingerprint density at radius 2 is 0.789 bits per heavy atom. The van der Waals surface area contributed by atoms with E-state index in [-0.39, 0.29) is 19.2 Å². The first-order valence-electron chi connectivity index (χ1n) is 24.2.